The van der Waals surface area contributed by atoms with E-state index in [2.05, 4.69) is 22.6 Å². The molecule has 2 heterocycles. The number of amides is 1. The number of fused-ring (bicyclic) bond motifs is 3. The Morgan fingerprint density at radius 1 is 1.36 bits per heavy atom. The third-order valence-electron chi connectivity index (χ3n) is 4.93. The van der Waals surface area contributed by atoms with E-state index in [0.717, 1.165) is 35.3 Å². The average molecular weight is 398 g/mol. The fourth-order valence-electron chi connectivity index (χ4n) is 3.53. The summed E-state index contributed by atoms with van der Waals surface area (Å²) in [5.41, 5.74) is 1.50. The Labute approximate surface area is 166 Å². The molecule has 0 bridgehead atoms. The molecule has 0 saturated heterocycles. The summed E-state index contributed by atoms with van der Waals surface area (Å²) in [7, 11) is 0. The molecule has 1 aliphatic carbocycles. The smallest absolute Gasteiger partial charge is 0.279 e. The predicted octanol–water partition coefficient (Wildman–Crippen LogP) is 3.02. The lowest BCUT2D eigenvalue weighted by Crippen LogP contribution is -2.30. The van der Waals surface area contributed by atoms with Gasteiger partial charge in [-0.1, -0.05) is 12.1 Å². The van der Waals surface area contributed by atoms with Crippen LogP contribution in [0.3, 0.4) is 0 Å². The van der Waals surface area contributed by atoms with E-state index < -0.39 is 0 Å². The molecule has 1 aromatic carbocycles. The first-order valence-corrected chi connectivity index (χ1v) is 10.3. The van der Waals surface area contributed by atoms with E-state index in [-0.39, 0.29) is 18.0 Å². The van der Waals surface area contributed by atoms with Crippen LogP contribution in [-0.4, -0.2) is 27.5 Å². The summed E-state index contributed by atoms with van der Waals surface area (Å²) in [6, 6.07) is 7.10. The molecule has 1 N–H and O–H groups in total. The molecule has 8 heteroatoms. The van der Waals surface area contributed by atoms with Gasteiger partial charge in [0.05, 0.1) is 12.0 Å². The minimum absolute atomic E-state index is 0.171. The number of aryl methyl sites for hydroxylation is 1. The van der Waals surface area contributed by atoms with E-state index in [9.17, 15) is 9.59 Å². The van der Waals surface area contributed by atoms with Crippen LogP contribution in [0, 0.1) is 5.92 Å². The Kier molecular flexibility index (Phi) is 5.13. The SMILES string of the molecule is CCOc1ccc(NC(=O)Cn2nnc3sc4c(c3c2=O)CC[C@@H](C)C4)cc1. The maximum Gasteiger partial charge on any atom is 0.279 e. The van der Waals surface area contributed by atoms with Gasteiger partial charge in [-0.15, -0.1) is 16.4 Å². The molecule has 7 nitrogen and oxygen atoms in total. The molecule has 2 aromatic heterocycles. The third-order valence-corrected chi connectivity index (χ3v) is 6.07. The van der Waals surface area contributed by atoms with Crippen molar-refractivity contribution in [2.75, 3.05) is 11.9 Å². The van der Waals surface area contributed by atoms with Crippen molar-refractivity contribution >= 4 is 33.1 Å². The quantitative estimate of drug-likeness (QED) is 0.714. The first-order chi connectivity index (χ1) is 13.5. The number of carbonyl (C=O) groups is 1. The number of nitrogens with zero attached hydrogens (tertiary/aromatic N) is 3. The summed E-state index contributed by atoms with van der Waals surface area (Å²) in [6.45, 7) is 4.55. The Hall–Kier alpha value is -2.74. The fraction of sp³-hybridized carbons (Fsp3) is 0.400. The summed E-state index contributed by atoms with van der Waals surface area (Å²) in [4.78, 5) is 27.2. The van der Waals surface area contributed by atoms with Crippen molar-refractivity contribution in [3.05, 3.63) is 45.1 Å². The number of anilines is 1. The van der Waals surface area contributed by atoms with Crippen LogP contribution >= 0.6 is 11.3 Å². The van der Waals surface area contributed by atoms with Crippen LogP contribution in [-0.2, 0) is 24.2 Å². The first kappa shape index (κ1) is 18.6. The minimum Gasteiger partial charge on any atom is -0.494 e. The average Bonchev–Trinajstić information content (AvgIpc) is 3.04. The number of rotatable bonds is 5. The van der Waals surface area contributed by atoms with E-state index >= 15 is 0 Å². The van der Waals surface area contributed by atoms with Crippen LogP contribution in [0.1, 0.15) is 30.7 Å². The molecule has 4 rings (SSSR count). The fourth-order valence-corrected chi connectivity index (χ4v) is 4.85. The molecular formula is C20H22N4O3S. The van der Waals surface area contributed by atoms with Gasteiger partial charge in [-0.25, -0.2) is 4.68 Å². The van der Waals surface area contributed by atoms with Gasteiger partial charge in [0.2, 0.25) is 5.91 Å². The molecule has 0 fully saturated rings. The number of nitrogens with one attached hydrogen (secondary N) is 1. The summed E-state index contributed by atoms with van der Waals surface area (Å²) < 4.78 is 6.54. The summed E-state index contributed by atoms with van der Waals surface area (Å²) in [5.74, 6) is 1.04. The van der Waals surface area contributed by atoms with Crippen LogP contribution in [0.25, 0.3) is 10.2 Å². The van der Waals surface area contributed by atoms with Gasteiger partial charge in [-0.3, -0.25) is 9.59 Å². The van der Waals surface area contributed by atoms with Gasteiger partial charge in [0.15, 0.2) is 4.83 Å². The molecule has 146 valence electrons. The lowest BCUT2D eigenvalue weighted by molar-refractivity contribution is -0.117. The molecule has 0 spiro atoms. The number of benzene rings is 1. The number of aromatic nitrogens is 3. The summed E-state index contributed by atoms with van der Waals surface area (Å²) >= 11 is 1.55. The molecule has 0 saturated carbocycles. The van der Waals surface area contributed by atoms with Crippen LogP contribution in [0.15, 0.2) is 29.1 Å². The highest BCUT2D eigenvalue weighted by molar-refractivity contribution is 7.18. The molecule has 3 aromatic rings. The highest BCUT2D eigenvalue weighted by atomic mass is 32.1. The molecule has 0 radical (unpaired) electrons. The monoisotopic (exact) mass is 398 g/mol. The van der Waals surface area contributed by atoms with Crippen molar-refractivity contribution in [3.8, 4) is 5.75 Å². The van der Waals surface area contributed by atoms with Crippen molar-refractivity contribution in [2.24, 2.45) is 5.92 Å². The molecule has 1 atom stereocenters. The van der Waals surface area contributed by atoms with Gasteiger partial charge in [0.1, 0.15) is 12.3 Å². The lowest BCUT2D eigenvalue weighted by atomic mass is 9.89. The second-order valence-corrected chi connectivity index (χ2v) is 8.17. The largest absolute Gasteiger partial charge is 0.494 e. The van der Waals surface area contributed by atoms with Gasteiger partial charge in [0.25, 0.3) is 5.56 Å². The third kappa shape index (κ3) is 3.64. The van der Waals surface area contributed by atoms with Crippen molar-refractivity contribution in [1.29, 1.82) is 0 Å². The number of hydrogen-bond acceptors (Lipinski definition) is 6. The van der Waals surface area contributed by atoms with Crippen molar-refractivity contribution in [1.82, 2.24) is 15.0 Å². The second-order valence-electron chi connectivity index (χ2n) is 7.09. The van der Waals surface area contributed by atoms with Gasteiger partial charge in [-0.05, 0) is 61.9 Å². The van der Waals surface area contributed by atoms with Crippen LogP contribution in [0.2, 0.25) is 0 Å². The van der Waals surface area contributed by atoms with Gasteiger partial charge < -0.3 is 10.1 Å². The van der Waals surface area contributed by atoms with Crippen LogP contribution in [0.5, 0.6) is 5.75 Å². The molecule has 28 heavy (non-hydrogen) atoms. The Balaban J connectivity index is 1.53. The van der Waals surface area contributed by atoms with Gasteiger partial charge in [-0.2, -0.15) is 0 Å². The molecular weight excluding hydrogens is 376 g/mol. The lowest BCUT2D eigenvalue weighted by Gasteiger charge is -2.17. The van der Waals surface area contributed by atoms with Gasteiger partial charge in [0, 0.05) is 10.6 Å². The minimum atomic E-state index is -0.322. The van der Waals surface area contributed by atoms with E-state index in [1.54, 1.807) is 35.6 Å². The highest BCUT2D eigenvalue weighted by Gasteiger charge is 2.24. The highest BCUT2D eigenvalue weighted by Crippen LogP contribution is 2.35. The number of thiophene rings is 1. The molecule has 1 amide bonds. The topological polar surface area (TPSA) is 86.1 Å². The van der Waals surface area contributed by atoms with Crippen LogP contribution < -0.4 is 15.6 Å². The van der Waals surface area contributed by atoms with E-state index in [1.165, 1.54) is 4.88 Å². The predicted molar refractivity (Wildman–Crippen MR) is 109 cm³/mol. The number of carbonyl (C=O) groups excluding carboxylic acids is 1. The maximum absolute atomic E-state index is 12.9. The molecule has 1 aliphatic rings. The Morgan fingerprint density at radius 2 is 2.14 bits per heavy atom. The maximum atomic E-state index is 12.9. The zero-order valence-electron chi connectivity index (χ0n) is 15.9. The Morgan fingerprint density at radius 3 is 2.89 bits per heavy atom. The second kappa shape index (κ2) is 7.71. The summed E-state index contributed by atoms with van der Waals surface area (Å²) in [6.07, 6.45) is 2.93. The van der Waals surface area contributed by atoms with Crippen LogP contribution in [0.4, 0.5) is 5.69 Å². The zero-order chi connectivity index (χ0) is 19.7. The van der Waals surface area contributed by atoms with E-state index in [1.807, 2.05) is 6.92 Å². The Bertz CT molecular complexity index is 1070. The van der Waals surface area contributed by atoms with Crippen molar-refractivity contribution in [3.63, 3.8) is 0 Å². The molecule has 0 unspecified atom stereocenters. The standard InChI is InChI=1S/C20H22N4O3S/c1-3-27-14-7-5-13(6-8-14)21-17(25)11-24-20(26)18-15-9-4-12(2)10-16(15)28-19(18)22-23-24/h5-8,12H,3-4,9-11H2,1-2H3,(H,21,25)/t12-/m1/s1. The van der Waals surface area contributed by atoms with Crippen molar-refractivity contribution < 1.29 is 9.53 Å². The molecule has 0 aliphatic heterocycles. The van der Waals surface area contributed by atoms with E-state index in [0.29, 0.717) is 28.4 Å². The zero-order valence-corrected chi connectivity index (χ0v) is 16.7. The number of hydrogen-bond donors (Lipinski definition) is 1. The van der Waals surface area contributed by atoms with E-state index in [4.69, 9.17) is 4.74 Å². The van der Waals surface area contributed by atoms with Crippen molar-refractivity contribution in [2.45, 2.75) is 39.7 Å². The first-order valence-electron chi connectivity index (χ1n) is 9.46. The van der Waals surface area contributed by atoms with Gasteiger partial charge >= 0.3 is 0 Å². The summed E-state index contributed by atoms with van der Waals surface area (Å²) in [5, 5.41) is 11.6. The number of ether oxygens (including phenoxy) is 1. The normalized spacial score (nSPS) is 16.0.